The van der Waals surface area contributed by atoms with Crippen molar-refractivity contribution in [3.05, 3.63) is 24.0 Å². The van der Waals surface area contributed by atoms with Gasteiger partial charge in [0.05, 0.1) is 11.4 Å². The van der Waals surface area contributed by atoms with E-state index in [-0.39, 0.29) is 47.6 Å². The second kappa shape index (κ2) is 6.98. The molecule has 2 saturated heterocycles. The predicted octanol–water partition coefficient (Wildman–Crippen LogP) is 2.12. The van der Waals surface area contributed by atoms with E-state index in [1.165, 1.54) is 18.2 Å². The van der Waals surface area contributed by atoms with Gasteiger partial charge >= 0.3 is 0 Å². The van der Waals surface area contributed by atoms with Gasteiger partial charge in [0.2, 0.25) is 15.9 Å². The number of amides is 1. The molecule has 1 saturated carbocycles. The van der Waals surface area contributed by atoms with E-state index >= 15 is 0 Å². The smallest absolute Gasteiger partial charge is 0.235 e. The first-order valence-corrected chi connectivity index (χ1v) is 10.3. The monoisotopic (exact) mass is 403 g/mol. The van der Waals surface area contributed by atoms with E-state index < -0.39 is 15.8 Å². The van der Waals surface area contributed by atoms with Gasteiger partial charge in [0.15, 0.2) is 0 Å². The maximum atomic E-state index is 14.1. The summed E-state index contributed by atoms with van der Waals surface area (Å²) in [6, 6.07) is 4.12. The summed E-state index contributed by atoms with van der Waals surface area (Å²) in [7, 11) is -3.46. The Bertz CT molecular complexity index is 811. The van der Waals surface area contributed by atoms with Crippen molar-refractivity contribution in [1.29, 1.82) is 0 Å². The lowest BCUT2D eigenvalue weighted by Gasteiger charge is -2.23. The van der Waals surface area contributed by atoms with E-state index in [4.69, 9.17) is 0 Å². The van der Waals surface area contributed by atoms with Crippen LogP contribution in [0.5, 0.6) is 0 Å². The van der Waals surface area contributed by atoms with Gasteiger partial charge in [-0.25, -0.2) is 12.8 Å². The molecule has 6 nitrogen and oxygen atoms in total. The molecule has 3 aliphatic rings. The van der Waals surface area contributed by atoms with Crippen LogP contribution in [-0.4, -0.2) is 39.7 Å². The molecule has 3 fully saturated rings. The van der Waals surface area contributed by atoms with Crippen molar-refractivity contribution >= 4 is 39.7 Å². The number of hydrogen-bond acceptors (Lipinski definition) is 4. The quantitative estimate of drug-likeness (QED) is 0.810. The number of benzene rings is 1. The summed E-state index contributed by atoms with van der Waals surface area (Å²) in [5.41, 5.74) is 0.582. The highest BCUT2D eigenvalue weighted by Gasteiger charge is 2.57. The largest absolute Gasteiger partial charge is 0.326 e. The maximum absolute atomic E-state index is 14.1. The summed E-state index contributed by atoms with van der Waals surface area (Å²) in [6.45, 7) is 2.16. The minimum absolute atomic E-state index is 0. The van der Waals surface area contributed by atoms with E-state index in [1.54, 1.807) is 0 Å². The van der Waals surface area contributed by atoms with E-state index in [0.717, 1.165) is 36.7 Å². The number of carbonyl (C=O) groups excluding carboxylic acids is 1. The van der Waals surface area contributed by atoms with Crippen LogP contribution in [0.3, 0.4) is 0 Å². The topological polar surface area (TPSA) is 78.5 Å². The van der Waals surface area contributed by atoms with Gasteiger partial charge in [0, 0.05) is 18.2 Å². The van der Waals surface area contributed by atoms with Crippen molar-refractivity contribution in [3.63, 3.8) is 0 Å². The van der Waals surface area contributed by atoms with Crippen LogP contribution in [-0.2, 0) is 14.8 Å². The Balaban J connectivity index is 0.00000196. The second-order valence-electron chi connectivity index (χ2n) is 7.27. The zero-order valence-electron chi connectivity index (χ0n) is 14.3. The van der Waals surface area contributed by atoms with Crippen LogP contribution in [0.2, 0.25) is 0 Å². The molecule has 2 N–H and O–H groups in total. The molecule has 0 aromatic heterocycles. The fourth-order valence-electron chi connectivity index (χ4n) is 4.12. The second-order valence-corrected chi connectivity index (χ2v) is 9.28. The van der Waals surface area contributed by atoms with Crippen LogP contribution in [0.1, 0.15) is 25.7 Å². The third-order valence-electron chi connectivity index (χ3n) is 5.69. The molecule has 144 valence electrons. The summed E-state index contributed by atoms with van der Waals surface area (Å²) >= 11 is 0. The van der Waals surface area contributed by atoms with E-state index in [1.807, 2.05) is 0 Å². The Morgan fingerprint density at radius 1 is 1.31 bits per heavy atom. The molecule has 1 aromatic rings. The van der Waals surface area contributed by atoms with Crippen LogP contribution in [0.15, 0.2) is 18.2 Å². The van der Waals surface area contributed by atoms with Gasteiger partial charge in [-0.05, 0) is 62.4 Å². The highest BCUT2D eigenvalue weighted by molar-refractivity contribution is 7.93. The minimum Gasteiger partial charge on any atom is -0.326 e. The summed E-state index contributed by atoms with van der Waals surface area (Å²) < 4.78 is 39.3. The van der Waals surface area contributed by atoms with Crippen LogP contribution in [0.4, 0.5) is 15.8 Å². The molecule has 2 heterocycles. The van der Waals surface area contributed by atoms with Crippen LogP contribution in [0, 0.1) is 17.2 Å². The van der Waals surface area contributed by atoms with Gasteiger partial charge in [-0.3, -0.25) is 9.10 Å². The highest BCUT2D eigenvalue weighted by Crippen LogP contribution is 2.58. The molecule has 1 atom stereocenters. The molecule has 9 heteroatoms. The lowest BCUT2D eigenvalue weighted by Crippen LogP contribution is -2.31. The average molecular weight is 404 g/mol. The molecule has 4 rings (SSSR count). The molecule has 2 aliphatic heterocycles. The molecule has 0 bridgehead atoms. The standard InChI is InChI=1S/C17H22FN3O3S.ClH/c18-14-3-2-12(10-15(14)21-8-1-9-25(21,23)24)20-16(22)13-11-17(13)4-6-19-7-5-17;/h2-3,10,13,19H,1,4-9,11H2,(H,20,22);1H. The van der Waals surface area contributed by atoms with Crippen molar-refractivity contribution in [2.75, 3.05) is 35.0 Å². The Morgan fingerprint density at radius 3 is 2.69 bits per heavy atom. The van der Waals surface area contributed by atoms with E-state index in [0.29, 0.717) is 12.1 Å². The summed E-state index contributed by atoms with van der Waals surface area (Å²) in [6.07, 6.45) is 3.39. The van der Waals surface area contributed by atoms with Crippen LogP contribution >= 0.6 is 12.4 Å². The number of carbonyl (C=O) groups is 1. The molecular weight excluding hydrogens is 381 g/mol. The first-order chi connectivity index (χ1) is 11.9. The third kappa shape index (κ3) is 3.42. The van der Waals surface area contributed by atoms with E-state index in [2.05, 4.69) is 10.6 Å². The van der Waals surface area contributed by atoms with Gasteiger partial charge < -0.3 is 10.6 Å². The number of nitrogens with one attached hydrogen (secondary N) is 2. The normalized spacial score (nSPS) is 25.6. The highest BCUT2D eigenvalue weighted by atomic mass is 35.5. The fourth-order valence-corrected chi connectivity index (χ4v) is 5.68. The number of rotatable bonds is 3. The van der Waals surface area contributed by atoms with Crippen LogP contribution < -0.4 is 14.9 Å². The molecular formula is C17H23ClFN3O3S. The van der Waals surface area contributed by atoms with Crippen molar-refractivity contribution in [3.8, 4) is 0 Å². The van der Waals surface area contributed by atoms with Crippen molar-refractivity contribution in [2.24, 2.45) is 11.3 Å². The van der Waals surface area contributed by atoms with Gasteiger partial charge in [0.1, 0.15) is 5.82 Å². The first kappa shape index (κ1) is 19.4. The van der Waals surface area contributed by atoms with Gasteiger partial charge in [-0.1, -0.05) is 0 Å². The molecule has 1 aliphatic carbocycles. The Morgan fingerprint density at radius 2 is 2.04 bits per heavy atom. The zero-order chi connectivity index (χ0) is 17.7. The molecule has 1 spiro atoms. The molecule has 26 heavy (non-hydrogen) atoms. The number of nitrogens with zero attached hydrogens (tertiary/aromatic N) is 1. The fraction of sp³-hybridized carbons (Fsp3) is 0.588. The van der Waals surface area contributed by atoms with Crippen LogP contribution in [0.25, 0.3) is 0 Å². The molecule has 1 unspecified atom stereocenters. The van der Waals surface area contributed by atoms with Gasteiger partial charge in [-0.15, -0.1) is 12.4 Å². The number of anilines is 2. The third-order valence-corrected chi connectivity index (χ3v) is 7.54. The van der Waals surface area contributed by atoms with Gasteiger partial charge in [0.25, 0.3) is 0 Å². The first-order valence-electron chi connectivity index (χ1n) is 8.73. The lowest BCUT2D eigenvalue weighted by atomic mass is 9.92. The lowest BCUT2D eigenvalue weighted by molar-refractivity contribution is -0.118. The number of piperidine rings is 1. The summed E-state index contributed by atoms with van der Waals surface area (Å²) in [5.74, 6) is -0.617. The number of halogens is 2. The Labute approximate surface area is 159 Å². The molecule has 1 aromatic carbocycles. The summed E-state index contributed by atoms with van der Waals surface area (Å²) in [5, 5.41) is 6.15. The minimum atomic E-state index is -3.46. The SMILES string of the molecule is Cl.O=C(Nc1ccc(F)c(N2CCCS2(=O)=O)c1)C1CC12CCNCC2. The Hall–Kier alpha value is -1.38. The molecule has 0 radical (unpaired) electrons. The molecule has 1 amide bonds. The van der Waals surface area contributed by atoms with E-state index in [9.17, 15) is 17.6 Å². The van der Waals surface area contributed by atoms with Crippen molar-refractivity contribution in [2.45, 2.75) is 25.7 Å². The van der Waals surface area contributed by atoms with Gasteiger partial charge in [-0.2, -0.15) is 0 Å². The van der Waals surface area contributed by atoms with Crippen molar-refractivity contribution in [1.82, 2.24) is 5.32 Å². The predicted molar refractivity (Wildman–Crippen MR) is 101 cm³/mol. The maximum Gasteiger partial charge on any atom is 0.235 e. The number of sulfonamides is 1. The average Bonchev–Trinajstić information content (AvgIpc) is 3.15. The van der Waals surface area contributed by atoms with Crippen molar-refractivity contribution < 1.29 is 17.6 Å². The summed E-state index contributed by atoms with van der Waals surface area (Å²) in [4.78, 5) is 12.5. The number of hydrogen-bond donors (Lipinski definition) is 2. The Kier molecular flexibility index (Phi) is 5.20. The zero-order valence-corrected chi connectivity index (χ0v) is 16.0.